The summed E-state index contributed by atoms with van der Waals surface area (Å²) in [5, 5.41) is 3.82. The first kappa shape index (κ1) is 17.1. The van der Waals surface area contributed by atoms with Crippen molar-refractivity contribution >= 4 is 34.1 Å². The molecule has 0 bridgehead atoms. The molecule has 7 heteroatoms. The summed E-state index contributed by atoms with van der Waals surface area (Å²) < 4.78 is 29.4. The molecule has 0 unspecified atom stereocenters. The Kier molecular flexibility index (Phi) is 4.81. The highest BCUT2D eigenvalue weighted by Gasteiger charge is 2.15. The monoisotopic (exact) mass is 362 g/mol. The third-order valence-corrected chi connectivity index (χ3v) is 3.80. The number of benzene rings is 2. The summed E-state index contributed by atoms with van der Waals surface area (Å²) >= 11 is 5.97. The van der Waals surface area contributed by atoms with E-state index in [9.17, 15) is 13.6 Å². The van der Waals surface area contributed by atoms with Crippen LogP contribution in [0.25, 0.3) is 10.9 Å². The minimum absolute atomic E-state index is 0.111. The number of nitrogens with zero attached hydrogens (tertiary/aromatic N) is 1. The molecule has 1 aromatic heterocycles. The van der Waals surface area contributed by atoms with Crippen molar-refractivity contribution in [3.8, 4) is 5.75 Å². The molecule has 3 rings (SSSR count). The van der Waals surface area contributed by atoms with Crippen molar-refractivity contribution in [1.29, 1.82) is 0 Å². The lowest BCUT2D eigenvalue weighted by Gasteiger charge is -2.13. The van der Waals surface area contributed by atoms with Crippen molar-refractivity contribution in [3.05, 3.63) is 64.8 Å². The number of anilines is 1. The van der Waals surface area contributed by atoms with Crippen LogP contribution in [-0.4, -0.2) is 17.5 Å². The van der Waals surface area contributed by atoms with Gasteiger partial charge >= 0.3 is 6.61 Å². The minimum Gasteiger partial charge on any atom is -0.433 e. The van der Waals surface area contributed by atoms with Crippen molar-refractivity contribution in [2.75, 3.05) is 5.32 Å². The summed E-state index contributed by atoms with van der Waals surface area (Å²) in [5.74, 6) is -0.586. The first-order valence-electron chi connectivity index (χ1n) is 7.36. The molecule has 128 valence electrons. The molecule has 1 amide bonds. The van der Waals surface area contributed by atoms with Gasteiger partial charge in [-0.05, 0) is 43.3 Å². The lowest BCUT2D eigenvalue weighted by molar-refractivity contribution is -0.0493. The lowest BCUT2D eigenvalue weighted by atomic mass is 10.1. The number of carbonyl (C=O) groups is 1. The van der Waals surface area contributed by atoms with Crippen molar-refractivity contribution in [2.24, 2.45) is 0 Å². The molecule has 0 saturated heterocycles. The Bertz CT molecular complexity index is 948. The number of hydrogen-bond donors (Lipinski definition) is 1. The van der Waals surface area contributed by atoms with Crippen molar-refractivity contribution in [1.82, 2.24) is 4.98 Å². The van der Waals surface area contributed by atoms with E-state index in [1.54, 1.807) is 37.3 Å². The van der Waals surface area contributed by atoms with Crippen LogP contribution in [0.4, 0.5) is 14.5 Å². The number of alkyl halides is 2. The van der Waals surface area contributed by atoms with Crippen molar-refractivity contribution < 1.29 is 18.3 Å². The third-order valence-electron chi connectivity index (χ3n) is 3.56. The largest absolute Gasteiger partial charge is 0.433 e. The van der Waals surface area contributed by atoms with Gasteiger partial charge in [0, 0.05) is 10.4 Å². The molecule has 0 saturated carbocycles. The molecule has 2 aromatic carbocycles. The second-order valence-corrected chi connectivity index (χ2v) is 5.72. The predicted octanol–water partition coefficient (Wildman–Crippen LogP) is 5.05. The van der Waals surface area contributed by atoms with Crippen LogP contribution in [0.15, 0.2) is 48.5 Å². The Balaban J connectivity index is 1.94. The fourth-order valence-corrected chi connectivity index (χ4v) is 2.61. The Morgan fingerprint density at radius 3 is 2.72 bits per heavy atom. The number of nitrogens with one attached hydrogen (secondary N) is 1. The number of ether oxygens (including phenoxy) is 1. The number of para-hydroxylation sites is 2. The first-order chi connectivity index (χ1) is 11.9. The van der Waals surface area contributed by atoms with Gasteiger partial charge in [0.15, 0.2) is 0 Å². The van der Waals surface area contributed by atoms with Gasteiger partial charge in [-0.25, -0.2) is 0 Å². The van der Waals surface area contributed by atoms with Crippen LogP contribution >= 0.6 is 11.6 Å². The second-order valence-electron chi connectivity index (χ2n) is 5.29. The standard InChI is InChI=1S/C18H13ClF2N2O2/c1-10-13(9-11-8-12(19)6-7-14(11)22-10)17(24)23-15-4-2-3-5-16(15)25-18(20)21/h2-9,18H,1H3,(H,23,24). The topological polar surface area (TPSA) is 51.2 Å². The molecule has 3 aromatic rings. The fraction of sp³-hybridized carbons (Fsp3) is 0.111. The van der Waals surface area contributed by atoms with Crippen LogP contribution in [0, 0.1) is 6.92 Å². The zero-order valence-corrected chi connectivity index (χ0v) is 13.8. The molecule has 4 nitrogen and oxygen atoms in total. The molecule has 0 spiro atoms. The number of fused-ring (bicyclic) bond motifs is 1. The average molecular weight is 363 g/mol. The summed E-state index contributed by atoms with van der Waals surface area (Å²) in [4.78, 5) is 17.0. The van der Waals surface area contributed by atoms with E-state index in [-0.39, 0.29) is 11.4 Å². The number of hydrogen-bond acceptors (Lipinski definition) is 3. The number of amides is 1. The van der Waals surface area contributed by atoms with Gasteiger partial charge in [0.05, 0.1) is 22.5 Å². The van der Waals surface area contributed by atoms with Gasteiger partial charge in [-0.15, -0.1) is 0 Å². The molecular weight excluding hydrogens is 350 g/mol. The molecular formula is C18H13ClF2N2O2. The number of pyridine rings is 1. The van der Waals surface area contributed by atoms with Crippen LogP contribution in [0.2, 0.25) is 5.02 Å². The van der Waals surface area contributed by atoms with E-state index in [1.165, 1.54) is 18.2 Å². The number of aryl methyl sites for hydroxylation is 1. The SMILES string of the molecule is Cc1nc2ccc(Cl)cc2cc1C(=O)Nc1ccccc1OC(F)F. The van der Waals surface area contributed by atoms with Crippen LogP contribution in [0.3, 0.4) is 0 Å². The highest BCUT2D eigenvalue weighted by molar-refractivity contribution is 6.31. The molecule has 0 aliphatic heterocycles. The maximum Gasteiger partial charge on any atom is 0.387 e. The Hall–Kier alpha value is -2.73. The highest BCUT2D eigenvalue weighted by Crippen LogP contribution is 2.27. The van der Waals surface area contributed by atoms with Crippen LogP contribution in [-0.2, 0) is 0 Å². The van der Waals surface area contributed by atoms with E-state index in [4.69, 9.17) is 11.6 Å². The van der Waals surface area contributed by atoms with Gasteiger partial charge in [-0.1, -0.05) is 23.7 Å². The summed E-state index contributed by atoms with van der Waals surface area (Å²) in [5.41, 5.74) is 1.69. The molecule has 0 fully saturated rings. The highest BCUT2D eigenvalue weighted by atomic mass is 35.5. The maximum absolute atomic E-state index is 12.6. The van der Waals surface area contributed by atoms with Gasteiger partial charge < -0.3 is 10.1 Å². The number of carbonyl (C=O) groups excluding carboxylic acids is 1. The molecule has 0 radical (unpaired) electrons. The minimum atomic E-state index is -2.98. The van der Waals surface area contributed by atoms with E-state index >= 15 is 0 Å². The number of aromatic nitrogens is 1. The molecule has 0 aliphatic carbocycles. The Morgan fingerprint density at radius 2 is 1.96 bits per heavy atom. The van der Waals surface area contributed by atoms with Gasteiger partial charge in [0.1, 0.15) is 5.75 Å². The van der Waals surface area contributed by atoms with Crippen molar-refractivity contribution in [3.63, 3.8) is 0 Å². The zero-order chi connectivity index (χ0) is 18.0. The second kappa shape index (κ2) is 7.03. The van der Waals surface area contributed by atoms with Gasteiger partial charge in [-0.2, -0.15) is 8.78 Å². The average Bonchev–Trinajstić information content (AvgIpc) is 2.56. The summed E-state index contributed by atoms with van der Waals surface area (Å²) in [6.07, 6.45) is 0. The van der Waals surface area contributed by atoms with E-state index in [1.807, 2.05) is 0 Å². The molecule has 0 atom stereocenters. The van der Waals surface area contributed by atoms with Gasteiger partial charge in [0.2, 0.25) is 0 Å². The number of halogens is 3. The van der Waals surface area contributed by atoms with Gasteiger partial charge in [0.25, 0.3) is 5.91 Å². The van der Waals surface area contributed by atoms with E-state index in [0.717, 1.165) is 0 Å². The quantitative estimate of drug-likeness (QED) is 0.706. The van der Waals surface area contributed by atoms with E-state index < -0.39 is 12.5 Å². The van der Waals surface area contributed by atoms with Crippen LogP contribution in [0.5, 0.6) is 5.75 Å². The molecule has 1 N–H and O–H groups in total. The normalized spacial score (nSPS) is 10.9. The smallest absolute Gasteiger partial charge is 0.387 e. The maximum atomic E-state index is 12.6. The molecule has 25 heavy (non-hydrogen) atoms. The Labute approximate surface area is 147 Å². The van der Waals surface area contributed by atoms with Gasteiger partial charge in [-0.3, -0.25) is 9.78 Å². The zero-order valence-electron chi connectivity index (χ0n) is 13.1. The fourth-order valence-electron chi connectivity index (χ4n) is 2.43. The predicted molar refractivity (Wildman–Crippen MR) is 92.5 cm³/mol. The summed E-state index contributed by atoms with van der Waals surface area (Å²) in [6, 6.07) is 12.8. The number of rotatable bonds is 4. The third kappa shape index (κ3) is 3.85. The lowest BCUT2D eigenvalue weighted by Crippen LogP contribution is -2.15. The summed E-state index contributed by atoms with van der Waals surface area (Å²) in [6.45, 7) is -1.28. The first-order valence-corrected chi connectivity index (χ1v) is 7.74. The van der Waals surface area contributed by atoms with Crippen molar-refractivity contribution in [2.45, 2.75) is 13.5 Å². The van der Waals surface area contributed by atoms with E-state index in [0.29, 0.717) is 27.2 Å². The molecule has 1 heterocycles. The van der Waals surface area contributed by atoms with Crippen LogP contribution in [0.1, 0.15) is 16.1 Å². The van der Waals surface area contributed by atoms with E-state index in [2.05, 4.69) is 15.0 Å². The summed E-state index contributed by atoms with van der Waals surface area (Å²) in [7, 11) is 0. The Morgan fingerprint density at radius 1 is 1.20 bits per heavy atom. The molecule has 0 aliphatic rings. The van der Waals surface area contributed by atoms with Crippen LogP contribution < -0.4 is 10.1 Å².